The van der Waals surface area contributed by atoms with E-state index in [1.807, 2.05) is 0 Å². The van der Waals surface area contributed by atoms with Gasteiger partial charge in [0.1, 0.15) is 11.4 Å². The molecule has 2 rings (SSSR count). The van der Waals surface area contributed by atoms with Gasteiger partial charge in [-0.1, -0.05) is 19.4 Å². The van der Waals surface area contributed by atoms with Crippen LogP contribution in [-0.2, 0) is 9.59 Å². The molecule has 0 radical (unpaired) electrons. The van der Waals surface area contributed by atoms with Crippen LogP contribution in [0.15, 0.2) is 48.2 Å². The Kier molecular flexibility index (Phi) is 8.75. The average Bonchev–Trinajstić information content (AvgIpc) is 2.74. The van der Waals surface area contributed by atoms with E-state index in [2.05, 4.69) is 17.6 Å². The molecule has 30 heavy (non-hydrogen) atoms. The van der Waals surface area contributed by atoms with Crippen LogP contribution in [0.3, 0.4) is 0 Å². The van der Waals surface area contributed by atoms with Crippen molar-refractivity contribution in [2.75, 3.05) is 26.1 Å². The lowest BCUT2D eigenvalue weighted by Gasteiger charge is -2.12. The van der Waals surface area contributed by atoms with Gasteiger partial charge in [-0.15, -0.1) is 0 Å². The van der Waals surface area contributed by atoms with E-state index < -0.39 is 5.91 Å². The highest BCUT2D eigenvalue weighted by Gasteiger charge is 2.13. The quantitative estimate of drug-likeness (QED) is 0.455. The van der Waals surface area contributed by atoms with Crippen molar-refractivity contribution in [2.24, 2.45) is 0 Å². The normalized spacial score (nSPS) is 10.9. The molecule has 2 amide bonds. The lowest BCUT2D eigenvalue weighted by molar-refractivity contribution is -0.120. The average molecular weight is 412 g/mol. The lowest BCUT2D eigenvalue weighted by Crippen LogP contribution is -2.28. The fourth-order valence-electron chi connectivity index (χ4n) is 2.62. The van der Waals surface area contributed by atoms with Crippen molar-refractivity contribution in [1.82, 2.24) is 5.32 Å². The van der Waals surface area contributed by atoms with Gasteiger partial charge in [-0.05, 0) is 54.5 Å². The summed E-state index contributed by atoms with van der Waals surface area (Å²) >= 11 is 0. The Bertz CT molecular complexity index is 891. The summed E-state index contributed by atoms with van der Waals surface area (Å²) in [7, 11) is 3.08. The third-order valence-corrected chi connectivity index (χ3v) is 4.15. The number of benzene rings is 2. The van der Waals surface area contributed by atoms with Crippen LogP contribution in [0.2, 0.25) is 0 Å². The van der Waals surface area contributed by atoms with Crippen LogP contribution in [0.1, 0.15) is 32.3 Å². The molecule has 0 atom stereocenters. The van der Waals surface area contributed by atoms with Crippen molar-refractivity contribution >= 4 is 23.6 Å². The summed E-state index contributed by atoms with van der Waals surface area (Å²) in [6.07, 6.45) is 3.62. The third-order valence-electron chi connectivity index (χ3n) is 4.15. The first-order valence-corrected chi connectivity index (χ1v) is 9.72. The fourth-order valence-corrected chi connectivity index (χ4v) is 2.62. The number of ether oxygens (including phenoxy) is 3. The minimum absolute atomic E-state index is 0.109. The SMILES string of the molecule is CCCCOc1ccc(NC(=O)C(=Cc2ccc(OC)c(OC)c2)NC(C)=O)cc1. The second-order valence-corrected chi connectivity index (χ2v) is 6.53. The first kappa shape index (κ1) is 22.8. The van der Waals surface area contributed by atoms with E-state index in [0.717, 1.165) is 18.6 Å². The van der Waals surface area contributed by atoms with Crippen molar-refractivity contribution < 1.29 is 23.8 Å². The van der Waals surface area contributed by atoms with E-state index in [1.165, 1.54) is 14.0 Å². The summed E-state index contributed by atoms with van der Waals surface area (Å²) in [4.78, 5) is 24.3. The molecule has 2 aromatic rings. The second-order valence-electron chi connectivity index (χ2n) is 6.53. The van der Waals surface area contributed by atoms with E-state index in [1.54, 1.807) is 55.7 Å². The predicted molar refractivity (Wildman–Crippen MR) is 117 cm³/mol. The Morgan fingerprint density at radius 2 is 1.70 bits per heavy atom. The van der Waals surface area contributed by atoms with Crippen molar-refractivity contribution in [1.29, 1.82) is 0 Å². The molecule has 0 heterocycles. The molecule has 0 bridgehead atoms. The molecule has 0 aliphatic heterocycles. The topological polar surface area (TPSA) is 85.9 Å². The molecular formula is C23H28N2O5. The molecule has 0 unspecified atom stereocenters. The van der Waals surface area contributed by atoms with Crippen molar-refractivity contribution in [3.63, 3.8) is 0 Å². The van der Waals surface area contributed by atoms with E-state index in [4.69, 9.17) is 14.2 Å². The van der Waals surface area contributed by atoms with Gasteiger partial charge in [-0.3, -0.25) is 9.59 Å². The van der Waals surface area contributed by atoms with Gasteiger partial charge in [-0.2, -0.15) is 0 Å². The summed E-state index contributed by atoms with van der Waals surface area (Å²) in [5.41, 5.74) is 1.37. The summed E-state index contributed by atoms with van der Waals surface area (Å²) in [6, 6.07) is 12.3. The van der Waals surface area contributed by atoms with Gasteiger partial charge < -0.3 is 24.8 Å². The number of hydrogen-bond donors (Lipinski definition) is 2. The molecule has 7 heteroatoms. The summed E-state index contributed by atoms with van der Waals surface area (Å²) in [5, 5.41) is 5.35. The zero-order chi connectivity index (χ0) is 21.9. The van der Waals surface area contributed by atoms with Crippen LogP contribution in [-0.4, -0.2) is 32.6 Å². The summed E-state index contributed by atoms with van der Waals surface area (Å²) in [6.45, 7) is 4.10. The van der Waals surface area contributed by atoms with E-state index in [-0.39, 0.29) is 11.6 Å². The molecule has 0 aliphatic rings. The standard InChI is InChI=1S/C23H28N2O5/c1-5-6-13-30-19-10-8-18(9-11-19)25-23(27)20(24-16(2)26)14-17-7-12-21(28-3)22(15-17)29-4/h7-12,14-15H,5-6,13H2,1-4H3,(H,24,26)(H,25,27). The van der Waals surface area contributed by atoms with Crippen LogP contribution in [0.5, 0.6) is 17.2 Å². The molecule has 0 aromatic heterocycles. The zero-order valence-electron chi connectivity index (χ0n) is 17.8. The van der Waals surface area contributed by atoms with Crippen molar-refractivity contribution in [3.8, 4) is 17.2 Å². The molecule has 160 valence electrons. The van der Waals surface area contributed by atoms with Gasteiger partial charge in [0.25, 0.3) is 5.91 Å². The zero-order valence-corrected chi connectivity index (χ0v) is 17.8. The fraction of sp³-hybridized carbons (Fsp3) is 0.304. The Morgan fingerprint density at radius 3 is 2.30 bits per heavy atom. The van der Waals surface area contributed by atoms with Gasteiger partial charge in [0, 0.05) is 12.6 Å². The van der Waals surface area contributed by atoms with E-state index >= 15 is 0 Å². The number of hydrogen-bond acceptors (Lipinski definition) is 5. The van der Waals surface area contributed by atoms with E-state index in [9.17, 15) is 9.59 Å². The van der Waals surface area contributed by atoms with Gasteiger partial charge in [0.05, 0.1) is 20.8 Å². The molecule has 0 aliphatic carbocycles. The van der Waals surface area contributed by atoms with Crippen molar-refractivity contribution in [2.45, 2.75) is 26.7 Å². The summed E-state index contributed by atoms with van der Waals surface area (Å²) < 4.78 is 16.1. The Morgan fingerprint density at radius 1 is 1.00 bits per heavy atom. The number of carbonyl (C=O) groups excluding carboxylic acids is 2. The van der Waals surface area contributed by atoms with Crippen LogP contribution < -0.4 is 24.8 Å². The number of rotatable bonds is 10. The molecule has 2 N–H and O–H groups in total. The number of anilines is 1. The number of carbonyl (C=O) groups is 2. The van der Waals surface area contributed by atoms with Gasteiger partial charge in [0.15, 0.2) is 11.5 Å². The van der Waals surface area contributed by atoms with Crippen LogP contribution in [0, 0.1) is 0 Å². The maximum absolute atomic E-state index is 12.7. The first-order valence-electron chi connectivity index (χ1n) is 9.72. The molecule has 2 aromatic carbocycles. The molecule has 0 spiro atoms. The minimum Gasteiger partial charge on any atom is -0.494 e. The molecule has 0 fully saturated rings. The monoisotopic (exact) mass is 412 g/mol. The number of nitrogens with one attached hydrogen (secondary N) is 2. The Labute approximate surface area is 177 Å². The molecular weight excluding hydrogens is 384 g/mol. The molecule has 0 saturated carbocycles. The summed E-state index contributed by atoms with van der Waals surface area (Å²) in [5.74, 6) is 1.04. The maximum atomic E-state index is 12.7. The number of unbranched alkanes of at least 4 members (excludes halogenated alkanes) is 1. The van der Waals surface area contributed by atoms with Gasteiger partial charge >= 0.3 is 0 Å². The van der Waals surface area contributed by atoms with Gasteiger partial charge in [0.2, 0.25) is 5.91 Å². The Hall–Kier alpha value is -3.48. The minimum atomic E-state index is -0.445. The smallest absolute Gasteiger partial charge is 0.272 e. The Balaban J connectivity index is 2.17. The van der Waals surface area contributed by atoms with Gasteiger partial charge in [-0.25, -0.2) is 0 Å². The van der Waals surface area contributed by atoms with Crippen LogP contribution >= 0.6 is 0 Å². The maximum Gasteiger partial charge on any atom is 0.272 e. The highest BCUT2D eigenvalue weighted by molar-refractivity contribution is 6.08. The second kappa shape index (κ2) is 11.5. The number of methoxy groups -OCH3 is 2. The van der Waals surface area contributed by atoms with Crippen molar-refractivity contribution in [3.05, 3.63) is 53.7 Å². The highest BCUT2D eigenvalue weighted by Crippen LogP contribution is 2.28. The lowest BCUT2D eigenvalue weighted by atomic mass is 10.1. The highest BCUT2D eigenvalue weighted by atomic mass is 16.5. The molecule has 7 nitrogen and oxygen atoms in total. The number of amides is 2. The first-order chi connectivity index (χ1) is 14.5. The third kappa shape index (κ3) is 6.84. The molecule has 0 saturated heterocycles. The van der Waals surface area contributed by atoms with Crippen LogP contribution in [0.4, 0.5) is 5.69 Å². The van der Waals surface area contributed by atoms with Crippen LogP contribution in [0.25, 0.3) is 6.08 Å². The largest absolute Gasteiger partial charge is 0.494 e. The predicted octanol–water partition coefficient (Wildman–Crippen LogP) is 4.00. The van der Waals surface area contributed by atoms with E-state index in [0.29, 0.717) is 29.4 Å².